The van der Waals surface area contributed by atoms with Crippen molar-refractivity contribution >= 4 is 17.6 Å². The third-order valence-electron chi connectivity index (χ3n) is 4.69. The highest BCUT2D eigenvalue weighted by atomic mass is 16.4. The zero-order valence-corrected chi connectivity index (χ0v) is 14.3. The summed E-state index contributed by atoms with van der Waals surface area (Å²) in [4.78, 5) is 28.2. The molecule has 0 saturated carbocycles. The molecule has 5 heteroatoms. The average molecular weight is 338 g/mol. The van der Waals surface area contributed by atoms with Crippen molar-refractivity contribution in [3.63, 3.8) is 0 Å². The van der Waals surface area contributed by atoms with Crippen LogP contribution < -0.4 is 4.90 Å². The number of hydrogen-bond acceptors (Lipinski definition) is 3. The molecule has 1 saturated heterocycles. The molecule has 130 valence electrons. The topological polar surface area (TPSA) is 60.9 Å². The lowest BCUT2D eigenvalue weighted by Gasteiger charge is -2.42. The SMILES string of the molecule is CCC1CN(c2ccccc2)CCN1C(=O)c1cccc(C(=O)O)c1. The molecule has 1 heterocycles. The Hall–Kier alpha value is -2.82. The van der Waals surface area contributed by atoms with Crippen LogP contribution in [-0.2, 0) is 0 Å². The number of rotatable bonds is 4. The summed E-state index contributed by atoms with van der Waals surface area (Å²) < 4.78 is 0. The van der Waals surface area contributed by atoms with E-state index in [1.165, 1.54) is 17.8 Å². The molecule has 0 aliphatic carbocycles. The van der Waals surface area contributed by atoms with Crippen LogP contribution in [0.25, 0.3) is 0 Å². The summed E-state index contributed by atoms with van der Waals surface area (Å²) in [6.45, 7) is 4.26. The van der Waals surface area contributed by atoms with Gasteiger partial charge < -0.3 is 14.9 Å². The predicted octanol–water partition coefficient (Wildman–Crippen LogP) is 3.13. The molecule has 2 aromatic carbocycles. The van der Waals surface area contributed by atoms with E-state index in [0.29, 0.717) is 12.1 Å². The Kier molecular flexibility index (Phi) is 5.03. The molecule has 1 amide bonds. The third-order valence-corrected chi connectivity index (χ3v) is 4.69. The van der Waals surface area contributed by atoms with Crippen molar-refractivity contribution in [1.29, 1.82) is 0 Å². The first-order chi connectivity index (χ1) is 12.1. The van der Waals surface area contributed by atoms with E-state index in [1.807, 2.05) is 23.1 Å². The number of hydrogen-bond donors (Lipinski definition) is 1. The number of nitrogens with zero attached hydrogens (tertiary/aromatic N) is 2. The maximum absolute atomic E-state index is 12.9. The Morgan fingerprint density at radius 1 is 1.04 bits per heavy atom. The molecule has 1 N–H and O–H groups in total. The van der Waals surface area contributed by atoms with Crippen LogP contribution in [0.2, 0.25) is 0 Å². The number of amides is 1. The van der Waals surface area contributed by atoms with Crippen molar-refractivity contribution in [3.05, 3.63) is 65.7 Å². The van der Waals surface area contributed by atoms with Gasteiger partial charge in [0.05, 0.1) is 5.56 Å². The van der Waals surface area contributed by atoms with Crippen molar-refractivity contribution < 1.29 is 14.7 Å². The Morgan fingerprint density at radius 3 is 2.44 bits per heavy atom. The molecule has 0 bridgehead atoms. The maximum atomic E-state index is 12.9. The zero-order valence-electron chi connectivity index (χ0n) is 14.3. The quantitative estimate of drug-likeness (QED) is 0.930. The molecule has 1 fully saturated rings. The summed E-state index contributed by atoms with van der Waals surface area (Å²) in [7, 11) is 0. The highest BCUT2D eigenvalue weighted by Gasteiger charge is 2.30. The summed E-state index contributed by atoms with van der Waals surface area (Å²) in [5, 5.41) is 9.13. The largest absolute Gasteiger partial charge is 0.478 e. The van der Waals surface area contributed by atoms with Gasteiger partial charge in [0.2, 0.25) is 0 Å². The monoisotopic (exact) mass is 338 g/mol. The Labute approximate surface area is 147 Å². The summed E-state index contributed by atoms with van der Waals surface area (Å²) in [5.74, 6) is -1.11. The normalized spacial score (nSPS) is 17.4. The van der Waals surface area contributed by atoms with Gasteiger partial charge in [-0.05, 0) is 36.8 Å². The summed E-state index contributed by atoms with van der Waals surface area (Å²) in [6.07, 6.45) is 0.855. The number of aromatic carboxylic acids is 1. The maximum Gasteiger partial charge on any atom is 0.335 e. The van der Waals surface area contributed by atoms with E-state index in [-0.39, 0.29) is 17.5 Å². The number of anilines is 1. The zero-order chi connectivity index (χ0) is 17.8. The van der Waals surface area contributed by atoms with Crippen molar-refractivity contribution in [1.82, 2.24) is 4.90 Å². The van der Waals surface area contributed by atoms with Crippen LogP contribution in [0.4, 0.5) is 5.69 Å². The molecule has 2 aromatic rings. The highest BCUT2D eigenvalue weighted by molar-refractivity contribution is 5.97. The van der Waals surface area contributed by atoms with E-state index in [9.17, 15) is 9.59 Å². The second-order valence-electron chi connectivity index (χ2n) is 6.23. The van der Waals surface area contributed by atoms with Crippen LogP contribution in [-0.4, -0.2) is 47.6 Å². The minimum absolute atomic E-state index is 0.0948. The van der Waals surface area contributed by atoms with Gasteiger partial charge in [0.25, 0.3) is 5.91 Å². The van der Waals surface area contributed by atoms with Crippen molar-refractivity contribution in [3.8, 4) is 0 Å². The lowest BCUT2D eigenvalue weighted by molar-refractivity contribution is 0.0652. The van der Waals surface area contributed by atoms with E-state index in [4.69, 9.17) is 5.11 Å². The fourth-order valence-corrected chi connectivity index (χ4v) is 3.30. The first-order valence-electron chi connectivity index (χ1n) is 8.54. The smallest absolute Gasteiger partial charge is 0.335 e. The molecule has 1 unspecified atom stereocenters. The minimum Gasteiger partial charge on any atom is -0.478 e. The van der Waals surface area contributed by atoms with Gasteiger partial charge in [0.15, 0.2) is 0 Å². The van der Waals surface area contributed by atoms with Gasteiger partial charge in [-0.1, -0.05) is 31.2 Å². The third kappa shape index (κ3) is 3.65. The fraction of sp³-hybridized carbons (Fsp3) is 0.300. The summed E-state index contributed by atoms with van der Waals surface area (Å²) in [6, 6.07) is 16.6. The van der Waals surface area contributed by atoms with Crippen molar-refractivity contribution in [2.75, 3.05) is 24.5 Å². The first-order valence-corrected chi connectivity index (χ1v) is 8.54. The van der Waals surface area contributed by atoms with Crippen LogP contribution in [0, 0.1) is 0 Å². The van der Waals surface area contributed by atoms with Crippen LogP contribution in [0.15, 0.2) is 54.6 Å². The van der Waals surface area contributed by atoms with Crippen LogP contribution in [0.3, 0.4) is 0 Å². The molecular formula is C20H22N2O3. The fourth-order valence-electron chi connectivity index (χ4n) is 3.30. The molecule has 1 aliphatic heterocycles. The van der Waals surface area contributed by atoms with Crippen molar-refractivity contribution in [2.45, 2.75) is 19.4 Å². The molecule has 5 nitrogen and oxygen atoms in total. The number of para-hydroxylation sites is 1. The molecule has 0 aromatic heterocycles. The second kappa shape index (κ2) is 7.38. The van der Waals surface area contributed by atoms with E-state index in [1.54, 1.807) is 12.1 Å². The average Bonchev–Trinajstić information content (AvgIpc) is 2.67. The molecule has 3 rings (SSSR count). The van der Waals surface area contributed by atoms with Gasteiger partial charge in [-0.2, -0.15) is 0 Å². The standard InChI is InChI=1S/C20H22N2O3/c1-2-17-14-21(18-9-4-3-5-10-18)11-12-22(17)19(23)15-7-6-8-16(13-15)20(24)25/h3-10,13,17H,2,11-12,14H2,1H3,(H,24,25). The molecular weight excluding hydrogens is 316 g/mol. The minimum atomic E-state index is -1.02. The van der Waals surface area contributed by atoms with Gasteiger partial charge in [0, 0.05) is 36.9 Å². The van der Waals surface area contributed by atoms with E-state index >= 15 is 0 Å². The molecule has 1 aliphatic rings. The molecule has 0 spiro atoms. The van der Waals surface area contributed by atoms with Crippen LogP contribution in [0.1, 0.15) is 34.1 Å². The predicted molar refractivity (Wildman–Crippen MR) is 97.2 cm³/mol. The lowest BCUT2D eigenvalue weighted by Crippen LogP contribution is -2.55. The highest BCUT2D eigenvalue weighted by Crippen LogP contribution is 2.22. The number of carbonyl (C=O) groups is 2. The van der Waals surface area contributed by atoms with Crippen molar-refractivity contribution in [2.24, 2.45) is 0 Å². The number of carbonyl (C=O) groups excluding carboxylic acids is 1. The number of carboxylic acids is 1. The van der Waals surface area contributed by atoms with Crippen LogP contribution >= 0.6 is 0 Å². The number of benzene rings is 2. The molecule has 0 radical (unpaired) electrons. The van der Waals surface area contributed by atoms with Gasteiger partial charge >= 0.3 is 5.97 Å². The van der Waals surface area contributed by atoms with Gasteiger partial charge in [-0.3, -0.25) is 4.79 Å². The first kappa shape index (κ1) is 17.0. The van der Waals surface area contributed by atoms with E-state index in [0.717, 1.165) is 19.5 Å². The second-order valence-corrected chi connectivity index (χ2v) is 6.23. The summed E-state index contributed by atoms with van der Waals surface area (Å²) in [5.41, 5.74) is 1.74. The van der Waals surface area contributed by atoms with Crippen LogP contribution in [0.5, 0.6) is 0 Å². The Balaban J connectivity index is 1.77. The Morgan fingerprint density at radius 2 is 1.76 bits per heavy atom. The molecule has 1 atom stereocenters. The molecule has 25 heavy (non-hydrogen) atoms. The van der Waals surface area contributed by atoms with Gasteiger partial charge in [0.1, 0.15) is 0 Å². The van der Waals surface area contributed by atoms with E-state index in [2.05, 4.69) is 24.0 Å². The Bertz CT molecular complexity index is 761. The van der Waals surface area contributed by atoms with Gasteiger partial charge in [-0.15, -0.1) is 0 Å². The van der Waals surface area contributed by atoms with E-state index < -0.39 is 5.97 Å². The lowest BCUT2D eigenvalue weighted by atomic mass is 10.0. The van der Waals surface area contributed by atoms with Gasteiger partial charge in [-0.25, -0.2) is 4.79 Å². The number of carboxylic acid groups (broad SMARTS) is 1. The number of piperazine rings is 1. The summed E-state index contributed by atoms with van der Waals surface area (Å²) >= 11 is 0.